The highest BCUT2D eigenvalue weighted by molar-refractivity contribution is 7.10. The number of hydrogen-bond donors (Lipinski definition) is 1. The van der Waals surface area contributed by atoms with Gasteiger partial charge >= 0.3 is 0 Å². The first-order valence-corrected chi connectivity index (χ1v) is 7.20. The van der Waals surface area contributed by atoms with Gasteiger partial charge in [0.1, 0.15) is 11.5 Å². The number of amides is 1. The number of ether oxygens (including phenoxy) is 2. The minimum atomic E-state index is 0.0174. The van der Waals surface area contributed by atoms with Crippen LogP contribution in [0.1, 0.15) is 22.8 Å². The van der Waals surface area contributed by atoms with Gasteiger partial charge in [-0.1, -0.05) is 0 Å². The van der Waals surface area contributed by atoms with Crippen LogP contribution in [0.15, 0.2) is 29.6 Å². The van der Waals surface area contributed by atoms with Crippen molar-refractivity contribution >= 4 is 22.9 Å². The highest BCUT2D eigenvalue weighted by Gasteiger charge is 2.29. The Kier molecular flexibility index (Phi) is 3.36. The molecule has 1 aromatic carbocycles. The van der Waals surface area contributed by atoms with Crippen LogP contribution in [-0.4, -0.2) is 20.1 Å². The van der Waals surface area contributed by atoms with Crippen LogP contribution in [0.5, 0.6) is 11.5 Å². The van der Waals surface area contributed by atoms with E-state index < -0.39 is 0 Å². The lowest BCUT2D eigenvalue weighted by molar-refractivity contribution is -0.116. The number of fused-ring (bicyclic) bond motifs is 1. The fourth-order valence-electron chi connectivity index (χ4n) is 2.54. The van der Waals surface area contributed by atoms with E-state index >= 15 is 0 Å². The molecule has 0 unspecified atom stereocenters. The zero-order valence-electron chi connectivity index (χ0n) is 11.3. The van der Waals surface area contributed by atoms with Gasteiger partial charge in [0.2, 0.25) is 5.91 Å². The molecule has 0 saturated carbocycles. The molecule has 0 bridgehead atoms. The third-order valence-corrected chi connectivity index (χ3v) is 4.52. The van der Waals surface area contributed by atoms with Crippen molar-refractivity contribution in [2.24, 2.45) is 0 Å². The minimum absolute atomic E-state index is 0.0174. The second kappa shape index (κ2) is 5.17. The fraction of sp³-hybridized carbons (Fsp3) is 0.267. The third-order valence-electron chi connectivity index (χ3n) is 3.49. The average molecular weight is 289 g/mol. The molecule has 1 atom stereocenters. The summed E-state index contributed by atoms with van der Waals surface area (Å²) in [4.78, 5) is 13.0. The van der Waals surface area contributed by atoms with Crippen LogP contribution in [-0.2, 0) is 4.79 Å². The van der Waals surface area contributed by atoms with Crippen LogP contribution < -0.4 is 14.8 Å². The molecular weight excluding hydrogens is 274 g/mol. The number of hydrogen-bond acceptors (Lipinski definition) is 4. The summed E-state index contributed by atoms with van der Waals surface area (Å²) in [6, 6.07) is 7.64. The molecule has 104 valence electrons. The van der Waals surface area contributed by atoms with Crippen LogP contribution in [0, 0.1) is 0 Å². The van der Waals surface area contributed by atoms with Gasteiger partial charge in [-0.05, 0) is 29.6 Å². The topological polar surface area (TPSA) is 47.6 Å². The molecule has 1 aliphatic rings. The van der Waals surface area contributed by atoms with Crippen molar-refractivity contribution in [3.63, 3.8) is 0 Å². The fourth-order valence-corrected chi connectivity index (χ4v) is 3.51. The Morgan fingerprint density at radius 2 is 2.10 bits per heavy atom. The summed E-state index contributed by atoms with van der Waals surface area (Å²) in [6.07, 6.45) is 0.428. The van der Waals surface area contributed by atoms with Crippen molar-refractivity contribution < 1.29 is 14.3 Å². The minimum Gasteiger partial charge on any atom is -0.497 e. The SMILES string of the molecule is COc1ccc(OC)c([C@H]2CC(=O)Nc3ccsc32)c1. The Bertz CT molecular complexity index is 650. The lowest BCUT2D eigenvalue weighted by Gasteiger charge is -2.24. The number of carbonyl (C=O) groups excluding carboxylic acids is 1. The van der Waals surface area contributed by atoms with E-state index in [4.69, 9.17) is 9.47 Å². The molecule has 0 spiro atoms. The second-order valence-corrected chi connectivity index (χ2v) is 5.56. The van der Waals surface area contributed by atoms with Gasteiger partial charge in [-0.2, -0.15) is 0 Å². The van der Waals surface area contributed by atoms with Crippen LogP contribution in [0.25, 0.3) is 0 Å². The summed E-state index contributed by atoms with van der Waals surface area (Å²) in [6.45, 7) is 0. The molecule has 2 aromatic rings. The van der Waals surface area contributed by atoms with Crippen LogP contribution in [0.2, 0.25) is 0 Å². The molecule has 1 aromatic heterocycles. The van der Waals surface area contributed by atoms with Crippen molar-refractivity contribution in [2.45, 2.75) is 12.3 Å². The number of nitrogens with one attached hydrogen (secondary N) is 1. The van der Waals surface area contributed by atoms with Crippen molar-refractivity contribution in [3.05, 3.63) is 40.1 Å². The van der Waals surface area contributed by atoms with E-state index in [1.54, 1.807) is 25.6 Å². The number of carbonyl (C=O) groups is 1. The Balaban J connectivity index is 2.11. The van der Waals surface area contributed by atoms with Gasteiger partial charge in [0.25, 0.3) is 0 Å². The van der Waals surface area contributed by atoms with Crippen LogP contribution in [0.4, 0.5) is 5.69 Å². The number of methoxy groups -OCH3 is 2. The van der Waals surface area contributed by atoms with Crippen molar-refractivity contribution in [2.75, 3.05) is 19.5 Å². The van der Waals surface area contributed by atoms with E-state index in [0.29, 0.717) is 6.42 Å². The molecule has 20 heavy (non-hydrogen) atoms. The Morgan fingerprint density at radius 1 is 1.25 bits per heavy atom. The molecule has 0 fully saturated rings. The summed E-state index contributed by atoms with van der Waals surface area (Å²) < 4.78 is 10.7. The van der Waals surface area contributed by atoms with Gasteiger partial charge in [-0.25, -0.2) is 0 Å². The molecule has 4 nitrogen and oxygen atoms in total. The lowest BCUT2D eigenvalue weighted by Crippen LogP contribution is -2.22. The summed E-state index contributed by atoms with van der Waals surface area (Å²) in [5.41, 5.74) is 1.89. The van der Waals surface area contributed by atoms with Gasteiger partial charge < -0.3 is 14.8 Å². The Labute approximate surface area is 121 Å². The van der Waals surface area contributed by atoms with E-state index in [-0.39, 0.29) is 11.8 Å². The molecule has 1 N–H and O–H groups in total. The van der Waals surface area contributed by atoms with E-state index in [1.807, 2.05) is 29.6 Å². The molecule has 1 amide bonds. The summed E-state index contributed by atoms with van der Waals surface area (Å²) in [5, 5.41) is 4.90. The predicted octanol–water partition coefficient (Wildman–Crippen LogP) is 3.24. The molecule has 3 rings (SSSR count). The van der Waals surface area contributed by atoms with E-state index in [0.717, 1.165) is 27.6 Å². The highest BCUT2D eigenvalue weighted by Crippen LogP contribution is 2.44. The van der Waals surface area contributed by atoms with E-state index in [9.17, 15) is 4.79 Å². The molecule has 1 aliphatic heterocycles. The Morgan fingerprint density at radius 3 is 2.85 bits per heavy atom. The zero-order valence-corrected chi connectivity index (χ0v) is 12.1. The highest BCUT2D eigenvalue weighted by atomic mass is 32.1. The standard InChI is InChI=1S/C15H15NO3S/c1-18-9-3-4-13(19-2)10(7-9)11-8-14(17)16-12-5-6-20-15(11)12/h3-7,11H,8H2,1-2H3,(H,16,17)/t11-/m1/s1. The first-order chi connectivity index (χ1) is 9.72. The van der Waals surface area contributed by atoms with Gasteiger partial charge in [0, 0.05) is 22.8 Å². The Hall–Kier alpha value is -2.01. The normalized spacial score (nSPS) is 17.3. The predicted molar refractivity (Wildman–Crippen MR) is 79.0 cm³/mol. The lowest BCUT2D eigenvalue weighted by atomic mass is 9.90. The molecular formula is C15H15NO3S. The third kappa shape index (κ3) is 2.14. The molecule has 0 radical (unpaired) electrons. The first kappa shape index (κ1) is 13.0. The second-order valence-electron chi connectivity index (χ2n) is 4.61. The average Bonchev–Trinajstić information content (AvgIpc) is 2.93. The quantitative estimate of drug-likeness (QED) is 0.943. The van der Waals surface area contributed by atoms with Crippen LogP contribution >= 0.6 is 11.3 Å². The first-order valence-electron chi connectivity index (χ1n) is 6.32. The van der Waals surface area contributed by atoms with Gasteiger partial charge in [-0.3, -0.25) is 4.79 Å². The number of anilines is 1. The van der Waals surface area contributed by atoms with Crippen LogP contribution in [0.3, 0.4) is 0 Å². The summed E-state index contributed by atoms with van der Waals surface area (Å²) in [7, 11) is 3.28. The van der Waals surface area contributed by atoms with Gasteiger partial charge in [-0.15, -0.1) is 11.3 Å². The molecule has 5 heteroatoms. The zero-order chi connectivity index (χ0) is 14.1. The van der Waals surface area contributed by atoms with Gasteiger partial charge in [0.05, 0.1) is 19.9 Å². The number of thiophene rings is 1. The van der Waals surface area contributed by atoms with E-state index in [2.05, 4.69) is 5.32 Å². The molecule has 0 saturated heterocycles. The summed E-state index contributed by atoms with van der Waals surface area (Å²) >= 11 is 1.65. The maximum atomic E-state index is 11.9. The monoisotopic (exact) mass is 289 g/mol. The number of benzene rings is 1. The molecule has 2 heterocycles. The largest absolute Gasteiger partial charge is 0.497 e. The van der Waals surface area contributed by atoms with Crippen molar-refractivity contribution in [1.82, 2.24) is 0 Å². The smallest absolute Gasteiger partial charge is 0.225 e. The molecule has 0 aliphatic carbocycles. The van der Waals surface area contributed by atoms with Crippen molar-refractivity contribution in [1.29, 1.82) is 0 Å². The number of rotatable bonds is 3. The van der Waals surface area contributed by atoms with E-state index in [1.165, 1.54) is 0 Å². The maximum absolute atomic E-state index is 11.9. The maximum Gasteiger partial charge on any atom is 0.225 e. The van der Waals surface area contributed by atoms with Gasteiger partial charge in [0.15, 0.2) is 0 Å². The summed E-state index contributed by atoms with van der Waals surface area (Å²) in [5.74, 6) is 1.60. The van der Waals surface area contributed by atoms with Crippen molar-refractivity contribution in [3.8, 4) is 11.5 Å².